The summed E-state index contributed by atoms with van der Waals surface area (Å²) in [5, 5.41) is 2.92. The van der Waals surface area contributed by atoms with Gasteiger partial charge in [-0.1, -0.05) is 6.92 Å². The molecule has 0 radical (unpaired) electrons. The summed E-state index contributed by atoms with van der Waals surface area (Å²) in [4.78, 5) is 11.6. The molecule has 0 aliphatic carbocycles. The van der Waals surface area contributed by atoms with Gasteiger partial charge in [0.15, 0.2) is 0 Å². The Balaban J connectivity index is 1.71. The number of amides is 1. The first-order valence-electron chi connectivity index (χ1n) is 5.17. The van der Waals surface area contributed by atoms with Crippen molar-refractivity contribution in [2.24, 2.45) is 5.41 Å². The van der Waals surface area contributed by atoms with Gasteiger partial charge in [-0.3, -0.25) is 4.79 Å². The van der Waals surface area contributed by atoms with Gasteiger partial charge in [-0.05, 0) is 12.8 Å². The van der Waals surface area contributed by atoms with Crippen molar-refractivity contribution in [1.82, 2.24) is 5.32 Å². The van der Waals surface area contributed by atoms with Crippen molar-refractivity contribution in [3.05, 3.63) is 0 Å². The Morgan fingerprint density at radius 2 is 2.36 bits per heavy atom. The minimum absolute atomic E-state index is 0.0376. The van der Waals surface area contributed by atoms with Gasteiger partial charge in [-0.15, -0.1) is 0 Å². The molecule has 0 saturated carbocycles. The van der Waals surface area contributed by atoms with Crippen molar-refractivity contribution in [2.45, 2.75) is 25.9 Å². The van der Waals surface area contributed by atoms with Crippen molar-refractivity contribution >= 4 is 5.91 Å². The molecular formula is C10H17NO3. The van der Waals surface area contributed by atoms with Crippen LogP contribution < -0.4 is 5.32 Å². The fraction of sp³-hybridized carbons (Fsp3) is 0.900. The minimum atomic E-state index is -0.209. The highest BCUT2D eigenvalue weighted by molar-refractivity contribution is 5.80. The van der Waals surface area contributed by atoms with E-state index in [4.69, 9.17) is 9.47 Å². The third kappa shape index (κ3) is 2.07. The molecule has 1 atom stereocenters. The molecule has 1 N–H and O–H groups in total. The normalized spacial score (nSPS) is 29.6. The van der Waals surface area contributed by atoms with Gasteiger partial charge in [-0.2, -0.15) is 0 Å². The zero-order valence-corrected chi connectivity index (χ0v) is 8.54. The average molecular weight is 199 g/mol. The summed E-state index contributed by atoms with van der Waals surface area (Å²) < 4.78 is 10.4. The predicted molar refractivity (Wildman–Crippen MR) is 50.9 cm³/mol. The van der Waals surface area contributed by atoms with Crippen molar-refractivity contribution in [1.29, 1.82) is 0 Å². The molecular weight excluding hydrogens is 182 g/mol. The van der Waals surface area contributed by atoms with Gasteiger partial charge < -0.3 is 14.8 Å². The van der Waals surface area contributed by atoms with Gasteiger partial charge in [-0.25, -0.2) is 0 Å². The highest BCUT2D eigenvalue weighted by Gasteiger charge is 2.34. The summed E-state index contributed by atoms with van der Waals surface area (Å²) in [7, 11) is 0. The second-order valence-corrected chi connectivity index (χ2v) is 4.52. The number of ether oxygens (including phenoxy) is 2. The van der Waals surface area contributed by atoms with Crippen LogP contribution in [0.1, 0.15) is 19.8 Å². The van der Waals surface area contributed by atoms with E-state index in [0.717, 1.165) is 32.7 Å². The number of hydrogen-bond donors (Lipinski definition) is 1. The van der Waals surface area contributed by atoms with E-state index >= 15 is 0 Å². The molecule has 0 unspecified atom stereocenters. The molecule has 2 saturated heterocycles. The molecule has 4 nitrogen and oxygen atoms in total. The van der Waals surface area contributed by atoms with Crippen molar-refractivity contribution < 1.29 is 14.3 Å². The topological polar surface area (TPSA) is 47.6 Å². The van der Waals surface area contributed by atoms with Crippen LogP contribution in [-0.2, 0) is 14.3 Å². The molecule has 0 aromatic rings. The largest absolute Gasteiger partial charge is 0.380 e. The summed E-state index contributed by atoms with van der Waals surface area (Å²) in [6.45, 7) is 5.04. The number of nitrogens with one attached hydrogen (secondary N) is 1. The number of carbonyl (C=O) groups is 1. The van der Waals surface area contributed by atoms with Crippen LogP contribution in [0.25, 0.3) is 0 Å². The first kappa shape index (κ1) is 9.93. The van der Waals surface area contributed by atoms with Gasteiger partial charge in [0.25, 0.3) is 0 Å². The van der Waals surface area contributed by atoms with Crippen LogP contribution in [0.3, 0.4) is 0 Å². The smallest absolute Gasteiger partial charge is 0.249 e. The lowest BCUT2D eigenvalue weighted by molar-refractivity contribution is -0.134. The average Bonchev–Trinajstić information content (AvgIpc) is 2.63. The number of rotatable bonds is 3. The maximum atomic E-state index is 11.6. The summed E-state index contributed by atoms with van der Waals surface area (Å²) >= 11 is 0. The molecule has 2 heterocycles. The third-order valence-electron chi connectivity index (χ3n) is 2.81. The minimum Gasteiger partial charge on any atom is -0.380 e. The molecule has 2 aliphatic rings. The zero-order valence-electron chi connectivity index (χ0n) is 8.54. The highest BCUT2D eigenvalue weighted by Crippen LogP contribution is 2.25. The molecule has 2 fully saturated rings. The van der Waals surface area contributed by atoms with E-state index in [9.17, 15) is 4.79 Å². The zero-order chi connectivity index (χ0) is 10.0. The van der Waals surface area contributed by atoms with E-state index in [2.05, 4.69) is 12.2 Å². The number of hydrogen-bond acceptors (Lipinski definition) is 3. The monoisotopic (exact) mass is 199 g/mol. The van der Waals surface area contributed by atoms with Gasteiger partial charge in [0.1, 0.15) is 6.10 Å². The Morgan fingerprint density at radius 1 is 1.57 bits per heavy atom. The third-order valence-corrected chi connectivity index (χ3v) is 2.81. The molecule has 2 rings (SSSR count). The Kier molecular flexibility index (Phi) is 2.74. The fourth-order valence-corrected chi connectivity index (χ4v) is 1.75. The Hall–Kier alpha value is -0.610. The first-order valence-corrected chi connectivity index (χ1v) is 5.17. The molecule has 1 amide bonds. The summed E-state index contributed by atoms with van der Waals surface area (Å²) in [6.07, 6.45) is 1.65. The van der Waals surface area contributed by atoms with E-state index in [1.165, 1.54) is 0 Å². The van der Waals surface area contributed by atoms with Gasteiger partial charge in [0, 0.05) is 18.6 Å². The fourth-order valence-electron chi connectivity index (χ4n) is 1.75. The SMILES string of the molecule is CC1(CNC(=O)[C@@H]2CCCO2)COC1. The van der Waals surface area contributed by atoms with Crippen LogP contribution >= 0.6 is 0 Å². The maximum absolute atomic E-state index is 11.6. The maximum Gasteiger partial charge on any atom is 0.249 e. The lowest BCUT2D eigenvalue weighted by Gasteiger charge is -2.38. The quantitative estimate of drug-likeness (QED) is 0.712. The van der Waals surface area contributed by atoms with E-state index in [-0.39, 0.29) is 17.4 Å². The first-order chi connectivity index (χ1) is 6.70. The number of carbonyl (C=O) groups excluding carboxylic acids is 1. The second kappa shape index (κ2) is 3.87. The molecule has 4 heteroatoms. The van der Waals surface area contributed by atoms with Crippen molar-refractivity contribution in [3.63, 3.8) is 0 Å². The lowest BCUT2D eigenvalue weighted by Crippen LogP contribution is -2.50. The molecule has 0 bridgehead atoms. The molecule has 0 aromatic carbocycles. The van der Waals surface area contributed by atoms with E-state index in [0.29, 0.717) is 6.54 Å². The van der Waals surface area contributed by atoms with E-state index < -0.39 is 0 Å². The summed E-state index contributed by atoms with van der Waals surface area (Å²) in [5.74, 6) is 0.0376. The molecule has 14 heavy (non-hydrogen) atoms. The van der Waals surface area contributed by atoms with E-state index in [1.54, 1.807) is 0 Å². The Labute approximate surface area is 84.0 Å². The van der Waals surface area contributed by atoms with Gasteiger partial charge >= 0.3 is 0 Å². The summed E-state index contributed by atoms with van der Waals surface area (Å²) in [5.41, 5.74) is 0.147. The van der Waals surface area contributed by atoms with Gasteiger partial charge in [0.05, 0.1) is 13.2 Å². The predicted octanol–water partition coefficient (Wildman–Crippen LogP) is 0.318. The van der Waals surface area contributed by atoms with Crippen LogP contribution in [0.15, 0.2) is 0 Å². The highest BCUT2D eigenvalue weighted by atomic mass is 16.5. The molecule has 2 aliphatic heterocycles. The van der Waals surface area contributed by atoms with Crippen LogP contribution in [-0.4, -0.2) is 38.4 Å². The Bertz CT molecular complexity index is 219. The van der Waals surface area contributed by atoms with E-state index in [1.807, 2.05) is 0 Å². The molecule has 0 aromatic heterocycles. The van der Waals surface area contributed by atoms with Crippen LogP contribution in [0.4, 0.5) is 0 Å². The Morgan fingerprint density at radius 3 is 2.86 bits per heavy atom. The lowest BCUT2D eigenvalue weighted by atomic mass is 9.89. The molecule has 80 valence electrons. The summed E-state index contributed by atoms with van der Waals surface area (Å²) in [6, 6.07) is 0. The van der Waals surface area contributed by atoms with Crippen LogP contribution in [0.5, 0.6) is 0 Å². The standard InChI is InChI=1S/C10H17NO3/c1-10(6-13-7-10)5-11-9(12)8-3-2-4-14-8/h8H,2-7H2,1H3,(H,11,12)/t8-/m0/s1. The van der Waals surface area contributed by atoms with Crippen LogP contribution in [0, 0.1) is 5.41 Å². The van der Waals surface area contributed by atoms with Crippen LogP contribution in [0.2, 0.25) is 0 Å². The molecule has 0 spiro atoms. The van der Waals surface area contributed by atoms with Crippen molar-refractivity contribution in [2.75, 3.05) is 26.4 Å². The van der Waals surface area contributed by atoms with Gasteiger partial charge in [0.2, 0.25) is 5.91 Å². The second-order valence-electron chi connectivity index (χ2n) is 4.52. The van der Waals surface area contributed by atoms with Crippen molar-refractivity contribution in [3.8, 4) is 0 Å².